The molecule has 3 nitrogen and oxygen atoms in total. The topological polar surface area (TPSA) is 32.3 Å². The van der Waals surface area contributed by atoms with Crippen molar-refractivity contribution in [3.8, 4) is 0 Å². The Bertz CT molecular complexity index is 393. The van der Waals surface area contributed by atoms with Crippen molar-refractivity contribution in [1.82, 2.24) is 10.2 Å². The van der Waals surface area contributed by atoms with E-state index in [2.05, 4.69) is 5.32 Å². The molecule has 19 heavy (non-hydrogen) atoms. The number of benzene rings is 1. The predicted octanol–water partition coefficient (Wildman–Crippen LogP) is 3.37. The second-order valence-electron chi connectivity index (χ2n) is 4.23. The molecule has 0 atom stereocenters. The molecule has 0 aliphatic heterocycles. The van der Waals surface area contributed by atoms with Crippen LogP contribution in [0.15, 0.2) is 18.2 Å². The molecule has 0 radical (unpaired) electrons. The zero-order valence-corrected chi connectivity index (χ0v) is 13.4. The minimum atomic E-state index is 0. The lowest BCUT2D eigenvalue weighted by atomic mass is 10.2. The van der Waals surface area contributed by atoms with Crippen LogP contribution in [0.5, 0.6) is 0 Å². The lowest BCUT2D eigenvalue weighted by Gasteiger charge is -2.17. The minimum absolute atomic E-state index is 0. The first-order chi connectivity index (χ1) is 8.52. The molecule has 1 aromatic carbocycles. The summed E-state index contributed by atoms with van der Waals surface area (Å²) in [6.07, 6.45) is 1.39. The van der Waals surface area contributed by atoms with Gasteiger partial charge in [0.25, 0.3) is 0 Å². The molecular formula is C13H19Cl3N2O. The van der Waals surface area contributed by atoms with Gasteiger partial charge in [0.1, 0.15) is 0 Å². The Kier molecular flexibility index (Phi) is 9.19. The Morgan fingerprint density at radius 1 is 1.26 bits per heavy atom. The molecule has 1 rings (SSSR count). The van der Waals surface area contributed by atoms with E-state index in [-0.39, 0.29) is 18.3 Å². The van der Waals surface area contributed by atoms with Gasteiger partial charge >= 0.3 is 0 Å². The van der Waals surface area contributed by atoms with Gasteiger partial charge in [0.2, 0.25) is 5.91 Å². The largest absolute Gasteiger partial charge is 0.341 e. The number of carbonyl (C=O) groups excluding carboxylic acids is 1. The van der Waals surface area contributed by atoms with E-state index in [1.54, 1.807) is 18.0 Å². The number of halogens is 3. The molecule has 0 saturated carbocycles. The SMILES string of the molecule is CNCCCC(=O)N(C)Cc1cc(Cl)cc(Cl)c1.Cl. The average Bonchev–Trinajstić information content (AvgIpc) is 2.27. The van der Waals surface area contributed by atoms with Gasteiger partial charge in [0, 0.05) is 30.1 Å². The summed E-state index contributed by atoms with van der Waals surface area (Å²) in [6, 6.07) is 5.33. The molecule has 0 spiro atoms. The molecular weight excluding hydrogens is 307 g/mol. The van der Waals surface area contributed by atoms with Gasteiger partial charge in [-0.1, -0.05) is 23.2 Å². The van der Waals surface area contributed by atoms with Crippen molar-refractivity contribution in [1.29, 1.82) is 0 Å². The highest BCUT2D eigenvalue weighted by molar-refractivity contribution is 6.34. The third kappa shape index (κ3) is 7.02. The fourth-order valence-corrected chi connectivity index (χ4v) is 2.24. The third-order valence-corrected chi connectivity index (χ3v) is 3.02. The Labute approximate surface area is 130 Å². The number of hydrogen-bond donors (Lipinski definition) is 1. The molecule has 0 aliphatic carbocycles. The van der Waals surface area contributed by atoms with Crippen molar-refractivity contribution >= 4 is 41.5 Å². The fourth-order valence-electron chi connectivity index (χ4n) is 1.67. The molecule has 0 saturated heterocycles. The highest BCUT2D eigenvalue weighted by atomic mass is 35.5. The van der Waals surface area contributed by atoms with Crippen molar-refractivity contribution < 1.29 is 4.79 Å². The van der Waals surface area contributed by atoms with Crippen molar-refractivity contribution in [3.63, 3.8) is 0 Å². The smallest absolute Gasteiger partial charge is 0.222 e. The standard InChI is InChI=1S/C13H18Cl2N2O.ClH/c1-16-5-3-4-13(18)17(2)9-10-6-11(14)8-12(15)7-10;/h6-8,16H,3-5,9H2,1-2H3;1H. The second-order valence-corrected chi connectivity index (χ2v) is 5.11. The summed E-state index contributed by atoms with van der Waals surface area (Å²) in [7, 11) is 3.67. The Morgan fingerprint density at radius 3 is 2.37 bits per heavy atom. The van der Waals surface area contributed by atoms with Crippen LogP contribution in [0.3, 0.4) is 0 Å². The zero-order chi connectivity index (χ0) is 13.5. The van der Waals surface area contributed by atoms with Crippen LogP contribution in [0.4, 0.5) is 0 Å². The molecule has 1 amide bonds. The van der Waals surface area contributed by atoms with Crippen LogP contribution in [-0.2, 0) is 11.3 Å². The van der Waals surface area contributed by atoms with Gasteiger partial charge in [-0.25, -0.2) is 0 Å². The van der Waals surface area contributed by atoms with E-state index in [0.29, 0.717) is 23.0 Å². The number of nitrogens with zero attached hydrogens (tertiary/aromatic N) is 1. The first-order valence-electron chi connectivity index (χ1n) is 5.86. The van der Waals surface area contributed by atoms with Gasteiger partial charge in [0.05, 0.1) is 0 Å². The lowest BCUT2D eigenvalue weighted by Crippen LogP contribution is -2.26. The van der Waals surface area contributed by atoms with Gasteiger partial charge in [-0.15, -0.1) is 12.4 Å². The van der Waals surface area contributed by atoms with E-state index in [1.165, 1.54) is 0 Å². The number of carbonyl (C=O) groups is 1. The van der Waals surface area contributed by atoms with E-state index < -0.39 is 0 Å². The van der Waals surface area contributed by atoms with E-state index in [1.807, 2.05) is 19.2 Å². The molecule has 0 aliphatic rings. The fraction of sp³-hybridized carbons (Fsp3) is 0.462. The average molecular weight is 326 g/mol. The monoisotopic (exact) mass is 324 g/mol. The normalized spacial score (nSPS) is 9.89. The molecule has 6 heteroatoms. The summed E-state index contributed by atoms with van der Waals surface area (Å²) in [4.78, 5) is 13.5. The van der Waals surface area contributed by atoms with Gasteiger partial charge < -0.3 is 10.2 Å². The number of nitrogens with one attached hydrogen (secondary N) is 1. The highest BCUT2D eigenvalue weighted by Gasteiger charge is 2.09. The summed E-state index contributed by atoms with van der Waals surface area (Å²) in [6.45, 7) is 1.38. The van der Waals surface area contributed by atoms with Crippen LogP contribution >= 0.6 is 35.6 Å². The van der Waals surface area contributed by atoms with Gasteiger partial charge in [-0.3, -0.25) is 4.79 Å². The second kappa shape index (κ2) is 9.43. The summed E-state index contributed by atoms with van der Waals surface area (Å²) >= 11 is 11.8. The van der Waals surface area contributed by atoms with Crippen molar-refractivity contribution in [2.75, 3.05) is 20.6 Å². The van der Waals surface area contributed by atoms with E-state index in [0.717, 1.165) is 18.5 Å². The summed E-state index contributed by atoms with van der Waals surface area (Å²) in [5.41, 5.74) is 0.942. The zero-order valence-electron chi connectivity index (χ0n) is 11.1. The van der Waals surface area contributed by atoms with E-state index in [4.69, 9.17) is 23.2 Å². The summed E-state index contributed by atoms with van der Waals surface area (Å²) in [5.74, 6) is 0.126. The summed E-state index contributed by atoms with van der Waals surface area (Å²) < 4.78 is 0. The first-order valence-corrected chi connectivity index (χ1v) is 6.62. The van der Waals surface area contributed by atoms with Crippen LogP contribution in [0, 0.1) is 0 Å². The molecule has 0 bridgehead atoms. The molecule has 0 aromatic heterocycles. The number of amides is 1. The van der Waals surface area contributed by atoms with E-state index in [9.17, 15) is 4.79 Å². The minimum Gasteiger partial charge on any atom is -0.341 e. The molecule has 108 valence electrons. The molecule has 1 N–H and O–H groups in total. The lowest BCUT2D eigenvalue weighted by molar-refractivity contribution is -0.130. The van der Waals surface area contributed by atoms with Crippen molar-refractivity contribution in [3.05, 3.63) is 33.8 Å². The maximum Gasteiger partial charge on any atom is 0.222 e. The van der Waals surface area contributed by atoms with Crippen LogP contribution in [0.1, 0.15) is 18.4 Å². The van der Waals surface area contributed by atoms with Gasteiger partial charge in [-0.05, 0) is 43.8 Å². The maximum atomic E-state index is 11.8. The van der Waals surface area contributed by atoms with Crippen LogP contribution in [-0.4, -0.2) is 31.4 Å². The first kappa shape index (κ1) is 18.5. The third-order valence-electron chi connectivity index (χ3n) is 2.59. The van der Waals surface area contributed by atoms with Crippen molar-refractivity contribution in [2.24, 2.45) is 0 Å². The van der Waals surface area contributed by atoms with Gasteiger partial charge in [0.15, 0.2) is 0 Å². The molecule has 0 heterocycles. The van der Waals surface area contributed by atoms with E-state index >= 15 is 0 Å². The van der Waals surface area contributed by atoms with Crippen LogP contribution < -0.4 is 5.32 Å². The van der Waals surface area contributed by atoms with Gasteiger partial charge in [-0.2, -0.15) is 0 Å². The molecule has 1 aromatic rings. The van der Waals surface area contributed by atoms with Crippen LogP contribution in [0.2, 0.25) is 10.0 Å². The molecule has 0 fully saturated rings. The number of hydrogen-bond acceptors (Lipinski definition) is 2. The number of rotatable bonds is 6. The Morgan fingerprint density at radius 2 is 1.84 bits per heavy atom. The Hall–Kier alpha value is -0.480. The summed E-state index contributed by atoms with van der Waals surface area (Å²) in [5, 5.41) is 4.20. The van der Waals surface area contributed by atoms with Crippen LogP contribution in [0.25, 0.3) is 0 Å². The Balaban J connectivity index is 0.00000324. The molecule has 0 unspecified atom stereocenters. The quantitative estimate of drug-likeness (QED) is 0.813. The highest BCUT2D eigenvalue weighted by Crippen LogP contribution is 2.20. The predicted molar refractivity (Wildman–Crippen MR) is 83.3 cm³/mol. The van der Waals surface area contributed by atoms with Crippen molar-refractivity contribution in [2.45, 2.75) is 19.4 Å². The maximum absolute atomic E-state index is 11.8.